The summed E-state index contributed by atoms with van der Waals surface area (Å²) in [6.07, 6.45) is -0.890. The van der Waals surface area contributed by atoms with Crippen molar-refractivity contribution in [1.82, 2.24) is 9.80 Å². The number of nitrogens with zero attached hydrogens (tertiary/aromatic N) is 2. The van der Waals surface area contributed by atoms with Gasteiger partial charge in [0.1, 0.15) is 5.60 Å². The Labute approximate surface area is 159 Å². The molecule has 8 heteroatoms. The quantitative estimate of drug-likeness (QED) is 0.875. The van der Waals surface area contributed by atoms with Crippen molar-refractivity contribution < 1.29 is 23.9 Å². The SMILES string of the molecule is CCOC(=O)Nc1ccc(C(=O)N2CCN(C(=O)OC(C)(C)C)CC2)cc1. The molecule has 0 bridgehead atoms. The van der Waals surface area contributed by atoms with E-state index in [-0.39, 0.29) is 18.6 Å². The summed E-state index contributed by atoms with van der Waals surface area (Å²) in [5, 5.41) is 2.58. The van der Waals surface area contributed by atoms with Crippen molar-refractivity contribution in [1.29, 1.82) is 0 Å². The van der Waals surface area contributed by atoms with Crippen molar-refractivity contribution in [3.05, 3.63) is 29.8 Å². The molecule has 0 saturated carbocycles. The highest BCUT2D eigenvalue weighted by Crippen LogP contribution is 2.15. The van der Waals surface area contributed by atoms with E-state index in [1.54, 1.807) is 41.0 Å². The summed E-state index contributed by atoms with van der Waals surface area (Å²) >= 11 is 0. The summed E-state index contributed by atoms with van der Waals surface area (Å²) in [4.78, 5) is 39.4. The normalized spacial score (nSPS) is 14.5. The van der Waals surface area contributed by atoms with E-state index in [4.69, 9.17) is 9.47 Å². The van der Waals surface area contributed by atoms with Crippen molar-refractivity contribution in [3.8, 4) is 0 Å². The van der Waals surface area contributed by atoms with Gasteiger partial charge in [-0.25, -0.2) is 9.59 Å². The Balaban J connectivity index is 1.88. The van der Waals surface area contributed by atoms with Crippen LogP contribution >= 0.6 is 0 Å². The second-order valence-corrected chi connectivity index (χ2v) is 7.18. The predicted octanol–water partition coefficient (Wildman–Crippen LogP) is 2.95. The zero-order valence-corrected chi connectivity index (χ0v) is 16.3. The molecule has 0 aromatic heterocycles. The fourth-order valence-corrected chi connectivity index (χ4v) is 2.58. The van der Waals surface area contributed by atoms with Crippen LogP contribution in [0.2, 0.25) is 0 Å². The lowest BCUT2D eigenvalue weighted by Crippen LogP contribution is -2.51. The van der Waals surface area contributed by atoms with Gasteiger partial charge in [0, 0.05) is 37.4 Å². The van der Waals surface area contributed by atoms with Crippen molar-refractivity contribution >= 4 is 23.8 Å². The molecular formula is C19H27N3O5. The molecule has 27 heavy (non-hydrogen) atoms. The molecule has 0 spiro atoms. The third kappa shape index (κ3) is 6.16. The van der Waals surface area contributed by atoms with Crippen LogP contribution in [-0.2, 0) is 9.47 Å². The van der Waals surface area contributed by atoms with E-state index in [9.17, 15) is 14.4 Å². The first-order valence-corrected chi connectivity index (χ1v) is 9.00. The van der Waals surface area contributed by atoms with Crippen molar-refractivity contribution in [2.45, 2.75) is 33.3 Å². The number of anilines is 1. The molecular weight excluding hydrogens is 350 g/mol. The molecule has 1 N–H and O–H groups in total. The largest absolute Gasteiger partial charge is 0.450 e. The van der Waals surface area contributed by atoms with Crippen LogP contribution < -0.4 is 5.32 Å². The molecule has 8 nitrogen and oxygen atoms in total. The van der Waals surface area contributed by atoms with Gasteiger partial charge in [0.15, 0.2) is 0 Å². The number of rotatable bonds is 3. The smallest absolute Gasteiger partial charge is 0.411 e. The third-order valence-electron chi connectivity index (χ3n) is 3.87. The van der Waals surface area contributed by atoms with Gasteiger partial charge in [0.2, 0.25) is 0 Å². The van der Waals surface area contributed by atoms with Gasteiger partial charge in [0.05, 0.1) is 6.61 Å². The molecule has 1 aromatic rings. The van der Waals surface area contributed by atoms with E-state index in [0.717, 1.165) is 0 Å². The molecule has 0 unspecified atom stereocenters. The molecule has 2 rings (SSSR count). The topological polar surface area (TPSA) is 88.2 Å². The number of carbonyl (C=O) groups excluding carboxylic acids is 3. The molecule has 0 aliphatic carbocycles. The lowest BCUT2D eigenvalue weighted by Gasteiger charge is -2.35. The lowest BCUT2D eigenvalue weighted by molar-refractivity contribution is 0.0141. The van der Waals surface area contributed by atoms with E-state index in [2.05, 4.69) is 5.32 Å². The van der Waals surface area contributed by atoms with Crippen LogP contribution in [0.15, 0.2) is 24.3 Å². The molecule has 0 radical (unpaired) electrons. The van der Waals surface area contributed by atoms with E-state index in [1.165, 1.54) is 0 Å². The summed E-state index contributed by atoms with van der Waals surface area (Å²) in [6, 6.07) is 6.62. The summed E-state index contributed by atoms with van der Waals surface area (Å²) in [5.41, 5.74) is 0.540. The first-order valence-electron chi connectivity index (χ1n) is 9.00. The average molecular weight is 377 g/mol. The number of nitrogens with one attached hydrogen (secondary N) is 1. The number of amides is 3. The summed E-state index contributed by atoms with van der Waals surface area (Å²) < 4.78 is 10.2. The minimum absolute atomic E-state index is 0.110. The van der Waals surface area contributed by atoms with Gasteiger partial charge < -0.3 is 19.3 Å². The van der Waals surface area contributed by atoms with Crippen molar-refractivity contribution in [3.63, 3.8) is 0 Å². The third-order valence-corrected chi connectivity index (χ3v) is 3.87. The van der Waals surface area contributed by atoms with Gasteiger partial charge in [-0.1, -0.05) is 0 Å². The van der Waals surface area contributed by atoms with Crippen LogP contribution in [0.3, 0.4) is 0 Å². The Morgan fingerprint density at radius 3 is 2.07 bits per heavy atom. The van der Waals surface area contributed by atoms with Crippen LogP contribution in [0, 0.1) is 0 Å². The first kappa shape index (κ1) is 20.5. The highest BCUT2D eigenvalue weighted by atomic mass is 16.6. The minimum Gasteiger partial charge on any atom is -0.450 e. The highest BCUT2D eigenvalue weighted by molar-refractivity contribution is 5.95. The molecule has 1 fully saturated rings. The van der Waals surface area contributed by atoms with Crippen LogP contribution in [0.4, 0.5) is 15.3 Å². The highest BCUT2D eigenvalue weighted by Gasteiger charge is 2.28. The standard InChI is InChI=1S/C19H27N3O5/c1-5-26-17(24)20-15-8-6-14(7-9-15)16(23)21-10-12-22(13-11-21)18(25)27-19(2,3)4/h6-9H,5,10-13H2,1-4H3,(H,20,24). The number of benzene rings is 1. The molecule has 148 valence electrons. The fourth-order valence-electron chi connectivity index (χ4n) is 2.58. The molecule has 1 aliphatic heterocycles. The van der Waals surface area contributed by atoms with Crippen LogP contribution in [0.1, 0.15) is 38.1 Å². The lowest BCUT2D eigenvalue weighted by atomic mass is 10.1. The summed E-state index contributed by atoms with van der Waals surface area (Å²) in [6.45, 7) is 9.25. The predicted molar refractivity (Wildman–Crippen MR) is 101 cm³/mol. The van der Waals surface area contributed by atoms with Gasteiger partial charge in [-0.2, -0.15) is 0 Å². The number of hydrogen-bond acceptors (Lipinski definition) is 5. The van der Waals surface area contributed by atoms with Crippen LogP contribution in [-0.4, -0.2) is 66.3 Å². The maximum atomic E-state index is 12.6. The number of hydrogen-bond donors (Lipinski definition) is 1. The van der Waals surface area contributed by atoms with Crippen LogP contribution in [0.25, 0.3) is 0 Å². The average Bonchev–Trinajstić information content (AvgIpc) is 2.60. The summed E-state index contributed by atoms with van der Waals surface area (Å²) in [5.74, 6) is -0.110. The van der Waals surface area contributed by atoms with Gasteiger partial charge in [0.25, 0.3) is 5.91 Å². The van der Waals surface area contributed by atoms with Gasteiger partial charge in [-0.05, 0) is 52.0 Å². The van der Waals surface area contributed by atoms with E-state index in [1.807, 2.05) is 20.8 Å². The monoisotopic (exact) mass is 377 g/mol. The van der Waals surface area contributed by atoms with Crippen LogP contribution in [0.5, 0.6) is 0 Å². The Morgan fingerprint density at radius 2 is 1.56 bits per heavy atom. The van der Waals surface area contributed by atoms with Gasteiger partial charge >= 0.3 is 12.2 Å². The zero-order chi connectivity index (χ0) is 20.0. The Kier molecular flexibility index (Phi) is 6.65. The maximum Gasteiger partial charge on any atom is 0.411 e. The Hall–Kier alpha value is -2.77. The molecule has 0 atom stereocenters. The summed E-state index contributed by atoms with van der Waals surface area (Å²) in [7, 11) is 0. The van der Waals surface area contributed by atoms with E-state index in [0.29, 0.717) is 37.4 Å². The second-order valence-electron chi connectivity index (χ2n) is 7.18. The van der Waals surface area contributed by atoms with Crippen molar-refractivity contribution in [2.24, 2.45) is 0 Å². The molecule has 1 saturated heterocycles. The number of piperazine rings is 1. The second kappa shape index (κ2) is 8.75. The van der Waals surface area contributed by atoms with E-state index >= 15 is 0 Å². The molecule has 1 aromatic carbocycles. The number of ether oxygens (including phenoxy) is 2. The minimum atomic E-state index is -0.538. The first-order chi connectivity index (χ1) is 12.7. The van der Waals surface area contributed by atoms with Gasteiger partial charge in [-0.3, -0.25) is 10.1 Å². The Bertz CT molecular complexity index is 674. The van der Waals surface area contributed by atoms with Crippen molar-refractivity contribution in [2.75, 3.05) is 38.1 Å². The molecule has 3 amide bonds. The maximum absolute atomic E-state index is 12.6. The van der Waals surface area contributed by atoms with E-state index < -0.39 is 11.7 Å². The zero-order valence-electron chi connectivity index (χ0n) is 16.3. The van der Waals surface area contributed by atoms with Gasteiger partial charge in [-0.15, -0.1) is 0 Å². The molecule has 1 aliphatic rings. The Morgan fingerprint density at radius 1 is 1.00 bits per heavy atom. The molecule has 1 heterocycles. The fraction of sp³-hybridized carbons (Fsp3) is 0.526. The number of carbonyl (C=O) groups is 3.